The number of ketones is 1. The first-order valence-corrected chi connectivity index (χ1v) is 9.31. The summed E-state index contributed by atoms with van der Waals surface area (Å²) in [5.74, 6) is -0.618. The number of nitrogens with zero attached hydrogens (tertiary/aromatic N) is 1. The summed E-state index contributed by atoms with van der Waals surface area (Å²) in [6, 6.07) is 17.0. The van der Waals surface area contributed by atoms with E-state index in [4.69, 9.17) is 4.74 Å². The number of phenols is 3. The molecule has 0 saturated carbocycles. The molecule has 0 amide bonds. The summed E-state index contributed by atoms with van der Waals surface area (Å²) in [5.41, 5.74) is 3.49. The highest BCUT2D eigenvalue weighted by Gasteiger charge is 2.32. The number of fused-ring (bicyclic) bond motifs is 2. The molecule has 5 rings (SSSR count). The second-order valence-electron chi connectivity index (χ2n) is 7.16. The van der Waals surface area contributed by atoms with Crippen LogP contribution < -0.4 is 4.74 Å². The number of hydrogen-bond acceptors (Lipinski definition) is 5. The van der Waals surface area contributed by atoms with E-state index >= 15 is 0 Å². The lowest BCUT2D eigenvalue weighted by Crippen LogP contribution is -1.99. The first-order chi connectivity index (χ1) is 14.4. The number of aryl methyl sites for hydroxylation is 1. The van der Waals surface area contributed by atoms with E-state index in [9.17, 15) is 20.1 Å². The fraction of sp³-hybridized carbons (Fsp3) is 0.0417. The van der Waals surface area contributed by atoms with E-state index in [0.29, 0.717) is 0 Å². The Morgan fingerprint density at radius 1 is 0.933 bits per heavy atom. The number of aromatic nitrogens is 1. The second kappa shape index (κ2) is 6.42. The minimum atomic E-state index is -0.452. The van der Waals surface area contributed by atoms with Crippen molar-refractivity contribution in [3.05, 3.63) is 77.5 Å². The molecular formula is C24H17NO5. The molecule has 1 aromatic heterocycles. The highest BCUT2D eigenvalue weighted by molar-refractivity contribution is 6.17. The van der Waals surface area contributed by atoms with Gasteiger partial charge in [-0.15, -0.1) is 0 Å². The SMILES string of the molecule is Cn1c(-c2ccc(O)cc2)c(C=C2Oc3cc(O)cc(O)c3C2=O)c2ccccc21. The molecule has 0 unspecified atom stereocenters. The third-order valence-electron chi connectivity index (χ3n) is 5.30. The Morgan fingerprint density at radius 2 is 1.67 bits per heavy atom. The molecule has 1 aliphatic rings. The Kier molecular flexibility index (Phi) is 3.83. The van der Waals surface area contributed by atoms with Crippen molar-refractivity contribution in [1.29, 1.82) is 0 Å². The summed E-state index contributed by atoms with van der Waals surface area (Å²) in [4.78, 5) is 12.9. The van der Waals surface area contributed by atoms with E-state index < -0.39 is 5.78 Å². The van der Waals surface area contributed by atoms with Crippen LogP contribution >= 0.6 is 0 Å². The smallest absolute Gasteiger partial charge is 0.235 e. The Morgan fingerprint density at radius 3 is 2.43 bits per heavy atom. The largest absolute Gasteiger partial charge is 0.508 e. The van der Waals surface area contributed by atoms with Gasteiger partial charge in [0.25, 0.3) is 0 Å². The number of ether oxygens (including phenoxy) is 1. The van der Waals surface area contributed by atoms with E-state index in [0.717, 1.165) is 33.8 Å². The van der Waals surface area contributed by atoms with Crippen LogP contribution in [-0.2, 0) is 7.05 Å². The van der Waals surface area contributed by atoms with Gasteiger partial charge in [-0.2, -0.15) is 0 Å². The maximum atomic E-state index is 12.9. The summed E-state index contributed by atoms with van der Waals surface area (Å²) in [5, 5.41) is 30.4. The average molecular weight is 399 g/mol. The molecule has 0 fully saturated rings. The number of carbonyl (C=O) groups excluding carboxylic acids is 1. The van der Waals surface area contributed by atoms with Crippen molar-refractivity contribution in [2.24, 2.45) is 7.05 Å². The summed E-state index contributed by atoms with van der Waals surface area (Å²) in [6.07, 6.45) is 1.66. The highest BCUT2D eigenvalue weighted by atomic mass is 16.5. The molecule has 4 aromatic rings. The summed E-state index contributed by atoms with van der Waals surface area (Å²) >= 11 is 0. The summed E-state index contributed by atoms with van der Waals surface area (Å²) in [7, 11) is 1.93. The molecule has 0 spiro atoms. The zero-order valence-corrected chi connectivity index (χ0v) is 16.0. The normalized spacial score (nSPS) is 14.3. The van der Waals surface area contributed by atoms with Crippen molar-refractivity contribution >= 4 is 22.8 Å². The van der Waals surface area contributed by atoms with E-state index in [1.54, 1.807) is 18.2 Å². The number of phenolic OH excluding ortho intramolecular Hbond substituents is 3. The van der Waals surface area contributed by atoms with Gasteiger partial charge >= 0.3 is 0 Å². The van der Waals surface area contributed by atoms with E-state index in [2.05, 4.69) is 0 Å². The van der Waals surface area contributed by atoms with Gasteiger partial charge in [-0.3, -0.25) is 4.79 Å². The zero-order valence-electron chi connectivity index (χ0n) is 16.0. The predicted molar refractivity (Wildman–Crippen MR) is 113 cm³/mol. The lowest BCUT2D eigenvalue weighted by atomic mass is 10.0. The zero-order chi connectivity index (χ0) is 21.0. The Hall–Kier alpha value is -4.19. The van der Waals surface area contributed by atoms with Gasteiger partial charge < -0.3 is 24.6 Å². The third kappa shape index (κ3) is 2.62. The van der Waals surface area contributed by atoms with Gasteiger partial charge in [0, 0.05) is 35.6 Å². The van der Waals surface area contributed by atoms with Crippen molar-refractivity contribution in [1.82, 2.24) is 4.57 Å². The fourth-order valence-corrected chi connectivity index (χ4v) is 3.95. The number of Topliss-reactive ketones (excluding diaryl/α,β-unsaturated/α-hetero) is 1. The molecule has 148 valence electrons. The molecule has 1 aliphatic heterocycles. The predicted octanol–water partition coefficient (Wildman–Crippen LogP) is 4.58. The Bertz CT molecular complexity index is 1360. The van der Waals surface area contributed by atoms with Crippen LogP contribution in [0.2, 0.25) is 0 Å². The molecule has 3 N–H and O–H groups in total. The summed E-state index contributed by atoms with van der Waals surface area (Å²) in [6.45, 7) is 0. The van der Waals surface area contributed by atoms with Gasteiger partial charge in [0.05, 0.1) is 5.69 Å². The van der Waals surface area contributed by atoms with Gasteiger partial charge in [-0.05, 0) is 42.0 Å². The molecule has 6 nitrogen and oxygen atoms in total. The maximum absolute atomic E-state index is 12.9. The average Bonchev–Trinajstić information content (AvgIpc) is 3.18. The molecule has 0 bridgehead atoms. The van der Waals surface area contributed by atoms with Crippen LogP contribution in [0, 0.1) is 0 Å². The number of benzene rings is 3. The van der Waals surface area contributed by atoms with E-state index in [-0.39, 0.29) is 34.3 Å². The number of allylic oxidation sites excluding steroid dienone is 1. The van der Waals surface area contributed by atoms with Crippen molar-refractivity contribution in [3.8, 4) is 34.3 Å². The van der Waals surface area contributed by atoms with Gasteiger partial charge in [0.15, 0.2) is 5.76 Å². The first kappa shape index (κ1) is 17.9. The van der Waals surface area contributed by atoms with E-state index in [1.165, 1.54) is 6.07 Å². The van der Waals surface area contributed by atoms with Crippen molar-refractivity contribution < 1.29 is 24.9 Å². The van der Waals surface area contributed by atoms with Gasteiger partial charge in [0.2, 0.25) is 5.78 Å². The van der Waals surface area contributed by atoms with Crippen LogP contribution in [0.25, 0.3) is 28.2 Å². The maximum Gasteiger partial charge on any atom is 0.235 e. The molecular weight excluding hydrogens is 382 g/mol. The number of carbonyl (C=O) groups is 1. The van der Waals surface area contributed by atoms with Gasteiger partial charge in [0.1, 0.15) is 28.6 Å². The fourth-order valence-electron chi connectivity index (χ4n) is 3.95. The third-order valence-corrected chi connectivity index (χ3v) is 5.30. The number of para-hydroxylation sites is 1. The minimum Gasteiger partial charge on any atom is -0.508 e. The van der Waals surface area contributed by atoms with Crippen LogP contribution in [-0.4, -0.2) is 25.7 Å². The Balaban J connectivity index is 1.74. The lowest BCUT2D eigenvalue weighted by Gasteiger charge is -2.07. The number of hydrogen-bond donors (Lipinski definition) is 3. The highest BCUT2D eigenvalue weighted by Crippen LogP contribution is 2.42. The van der Waals surface area contributed by atoms with Crippen LogP contribution in [0.1, 0.15) is 15.9 Å². The van der Waals surface area contributed by atoms with Crippen molar-refractivity contribution in [3.63, 3.8) is 0 Å². The van der Waals surface area contributed by atoms with Gasteiger partial charge in [-0.1, -0.05) is 18.2 Å². The molecule has 0 aliphatic carbocycles. The van der Waals surface area contributed by atoms with Crippen LogP contribution in [0.15, 0.2) is 66.4 Å². The number of rotatable bonds is 2. The molecule has 0 saturated heterocycles. The first-order valence-electron chi connectivity index (χ1n) is 9.31. The van der Waals surface area contributed by atoms with Crippen LogP contribution in [0.5, 0.6) is 23.0 Å². The quantitative estimate of drug-likeness (QED) is 0.429. The van der Waals surface area contributed by atoms with Crippen molar-refractivity contribution in [2.45, 2.75) is 0 Å². The van der Waals surface area contributed by atoms with Crippen LogP contribution in [0.3, 0.4) is 0 Å². The van der Waals surface area contributed by atoms with E-state index in [1.807, 2.05) is 48.0 Å². The lowest BCUT2D eigenvalue weighted by molar-refractivity contribution is 0.101. The number of aromatic hydroxyl groups is 3. The monoisotopic (exact) mass is 399 g/mol. The standard InChI is InChI=1S/C24H17NO5/c1-25-18-5-3-2-4-16(18)17(23(25)13-6-8-14(26)9-7-13)12-21-24(29)22-19(28)10-15(27)11-20(22)30-21/h2-12,26-28H,1H3. The second-order valence-corrected chi connectivity index (χ2v) is 7.16. The minimum absolute atomic E-state index is 0.0328. The molecule has 6 heteroatoms. The Labute approximate surface area is 171 Å². The topological polar surface area (TPSA) is 91.9 Å². The molecule has 30 heavy (non-hydrogen) atoms. The molecule has 2 heterocycles. The van der Waals surface area contributed by atoms with Crippen LogP contribution in [0.4, 0.5) is 0 Å². The molecule has 3 aromatic carbocycles. The van der Waals surface area contributed by atoms with Gasteiger partial charge in [-0.25, -0.2) is 0 Å². The molecule has 0 radical (unpaired) electrons. The molecule has 0 atom stereocenters. The van der Waals surface area contributed by atoms with Crippen molar-refractivity contribution in [2.75, 3.05) is 0 Å². The summed E-state index contributed by atoms with van der Waals surface area (Å²) < 4.78 is 7.71.